The summed E-state index contributed by atoms with van der Waals surface area (Å²) in [6.45, 7) is 1.98. The minimum atomic E-state index is -3.17. The summed E-state index contributed by atoms with van der Waals surface area (Å²) in [5.74, 6) is 2.00. The third kappa shape index (κ3) is 3.65. The molecule has 1 aliphatic heterocycles. The fourth-order valence-electron chi connectivity index (χ4n) is 6.42. The summed E-state index contributed by atoms with van der Waals surface area (Å²) in [7, 11) is -3.17. The summed E-state index contributed by atoms with van der Waals surface area (Å²) in [5, 5.41) is 0. The van der Waals surface area contributed by atoms with Crippen molar-refractivity contribution < 1.29 is 13.2 Å². The lowest BCUT2D eigenvalue weighted by Crippen LogP contribution is -2.60. The highest BCUT2D eigenvalue weighted by Crippen LogP contribution is 2.64. The fourth-order valence-corrected chi connectivity index (χ4v) is 8.41. The van der Waals surface area contributed by atoms with Crippen molar-refractivity contribution in [1.29, 1.82) is 0 Å². The number of hydrogen-bond acceptors (Lipinski definition) is 3. The number of likely N-dealkylation sites (tertiary alicyclic amines) is 1. The Labute approximate surface area is 159 Å². The van der Waals surface area contributed by atoms with Crippen LogP contribution in [0.25, 0.3) is 0 Å². The first-order valence-electron chi connectivity index (χ1n) is 9.59. The van der Waals surface area contributed by atoms with E-state index in [9.17, 15) is 13.2 Å². The maximum atomic E-state index is 13.5. The van der Waals surface area contributed by atoms with E-state index in [-0.39, 0.29) is 15.7 Å². The molecule has 1 saturated heterocycles. The van der Waals surface area contributed by atoms with E-state index in [0.29, 0.717) is 30.8 Å². The van der Waals surface area contributed by atoms with Gasteiger partial charge in [0, 0.05) is 24.0 Å². The van der Waals surface area contributed by atoms with Gasteiger partial charge in [-0.25, -0.2) is 13.1 Å². The second kappa shape index (κ2) is 6.20. The van der Waals surface area contributed by atoms with Crippen molar-refractivity contribution in [3.05, 3.63) is 0 Å². The summed E-state index contributed by atoms with van der Waals surface area (Å²) in [6, 6.07) is 0. The SMILES string of the molecule is CS(=O)(=O)NC[C@H]1CCCN(C(=O)C23C[C@H]4C[C@@H](CC(Br)(C4)C2)C3)C1. The van der Waals surface area contributed by atoms with Crippen LogP contribution in [0.4, 0.5) is 0 Å². The van der Waals surface area contributed by atoms with Gasteiger partial charge in [0.1, 0.15) is 0 Å². The van der Waals surface area contributed by atoms with E-state index in [1.165, 1.54) is 25.5 Å². The number of alkyl halides is 1. The van der Waals surface area contributed by atoms with Gasteiger partial charge in [0.15, 0.2) is 0 Å². The van der Waals surface area contributed by atoms with Gasteiger partial charge in [0.2, 0.25) is 15.9 Å². The molecule has 0 aromatic carbocycles. The highest BCUT2D eigenvalue weighted by molar-refractivity contribution is 9.10. The lowest BCUT2D eigenvalue weighted by atomic mass is 9.49. The lowest BCUT2D eigenvalue weighted by molar-refractivity contribution is -0.157. The Hall–Kier alpha value is -0.140. The van der Waals surface area contributed by atoms with E-state index in [4.69, 9.17) is 0 Å². The van der Waals surface area contributed by atoms with Crippen molar-refractivity contribution in [3.63, 3.8) is 0 Å². The highest BCUT2D eigenvalue weighted by Gasteiger charge is 2.60. The molecule has 0 spiro atoms. The van der Waals surface area contributed by atoms with Crippen LogP contribution in [0.15, 0.2) is 0 Å². The average Bonchev–Trinajstić information content (AvgIpc) is 2.49. The zero-order valence-electron chi connectivity index (χ0n) is 15.0. The molecule has 0 aromatic heterocycles. The number of sulfonamides is 1. The van der Waals surface area contributed by atoms with E-state index in [1.54, 1.807) is 0 Å². The normalized spacial score (nSPS) is 43.4. The molecule has 5 fully saturated rings. The molecule has 142 valence electrons. The van der Waals surface area contributed by atoms with Crippen LogP contribution in [0.1, 0.15) is 51.4 Å². The average molecular weight is 433 g/mol. The van der Waals surface area contributed by atoms with Gasteiger partial charge < -0.3 is 4.90 Å². The van der Waals surface area contributed by atoms with Crippen molar-refractivity contribution in [1.82, 2.24) is 9.62 Å². The maximum Gasteiger partial charge on any atom is 0.228 e. The number of amides is 1. The van der Waals surface area contributed by atoms with Crippen LogP contribution in [0, 0.1) is 23.2 Å². The minimum Gasteiger partial charge on any atom is -0.342 e. The Kier molecular flexibility index (Phi) is 4.52. The lowest BCUT2D eigenvalue weighted by Gasteiger charge is -2.60. The molecular weight excluding hydrogens is 404 g/mol. The van der Waals surface area contributed by atoms with Gasteiger partial charge in [0.25, 0.3) is 0 Å². The van der Waals surface area contributed by atoms with E-state index in [1.807, 2.05) is 0 Å². The standard InChI is InChI=1S/C18H29BrN2O3S/c1-25(23,24)20-10-13-3-2-4-21(11-13)16(22)17-6-14-5-15(7-17)9-18(19,8-14)12-17/h13-15,20H,2-12H2,1H3/t13-,14-,15-,17?,18?/m1/s1. The molecule has 7 heteroatoms. The van der Waals surface area contributed by atoms with Crippen molar-refractivity contribution in [2.75, 3.05) is 25.9 Å². The highest BCUT2D eigenvalue weighted by atomic mass is 79.9. The van der Waals surface area contributed by atoms with Gasteiger partial charge in [-0.1, -0.05) is 15.9 Å². The second-order valence-corrected chi connectivity index (χ2v) is 12.8. The summed E-state index contributed by atoms with van der Waals surface area (Å²) in [6.07, 6.45) is 10.1. The number of carbonyl (C=O) groups is 1. The first kappa shape index (κ1) is 18.2. The van der Waals surface area contributed by atoms with Crippen molar-refractivity contribution in [3.8, 4) is 0 Å². The van der Waals surface area contributed by atoms with Crippen molar-refractivity contribution >= 4 is 31.9 Å². The maximum absolute atomic E-state index is 13.5. The van der Waals surface area contributed by atoms with Gasteiger partial charge in [-0.3, -0.25) is 4.79 Å². The molecule has 3 atom stereocenters. The smallest absolute Gasteiger partial charge is 0.228 e. The molecule has 0 radical (unpaired) electrons. The number of carbonyl (C=O) groups excluding carboxylic acids is 1. The number of nitrogens with one attached hydrogen (secondary N) is 1. The van der Waals surface area contributed by atoms with Crippen LogP contribution in [0.5, 0.6) is 0 Å². The molecule has 1 N–H and O–H groups in total. The summed E-state index contributed by atoms with van der Waals surface area (Å²) in [5.41, 5.74) is -0.153. The Balaban J connectivity index is 1.45. The molecule has 4 bridgehead atoms. The molecule has 4 saturated carbocycles. The van der Waals surface area contributed by atoms with E-state index in [0.717, 1.165) is 38.6 Å². The van der Waals surface area contributed by atoms with Gasteiger partial charge >= 0.3 is 0 Å². The molecule has 5 rings (SSSR count). The fraction of sp³-hybridized carbons (Fsp3) is 0.944. The Bertz CT molecular complexity index is 651. The molecule has 0 aromatic rings. The summed E-state index contributed by atoms with van der Waals surface area (Å²) in [4.78, 5) is 15.6. The number of piperidine rings is 1. The third-order valence-corrected chi connectivity index (χ3v) is 8.50. The minimum absolute atomic E-state index is 0.153. The van der Waals surface area contributed by atoms with E-state index < -0.39 is 10.0 Å². The number of rotatable bonds is 4. The van der Waals surface area contributed by atoms with Gasteiger partial charge in [-0.05, 0) is 69.1 Å². The Morgan fingerprint density at radius 2 is 1.92 bits per heavy atom. The molecule has 1 amide bonds. The summed E-state index contributed by atoms with van der Waals surface area (Å²) < 4.78 is 25.5. The largest absolute Gasteiger partial charge is 0.342 e. The van der Waals surface area contributed by atoms with Gasteiger partial charge in [-0.15, -0.1) is 0 Å². The predicted molar refractivity (Wildman–Crippen MR) is 101 cm³/mol. The summed E-state index contributed by atoms with van der Waals surface area (Å²) >= 11 is 4.00. The van der Waals surface area contributed by atoms with Crippen molar-refractivity contribution in [2.45, 2.75) is 55.7 Å². The predicted octanol–water partition coefficient (Wildman–Crippen LogP) is 2.51. The number of hydrogen-bond donors (Lipinski definition) is 1. The van der Waals surface area contributed by atoms with E-state index >= 15 is 0 Å². The van der Waals surface area contributed by atoms with Crippen molar-refractivity contribution in [2.24, 2.45) is 23.2 Å². The zero-order valence-corrected chi connectivity index (χ0v) is 17.4. The van der Waals surface area contributed by atoms with Crippen LogP contribution in [-0.4, -0.2) is 49.4 Å². The number of nitrogens with zero attached hydrogens (tertiary/aromatic N) is 1. The van der Waals surface area contributed by atoms with Crippen LogP contribution < -0.4 is 4.72 Å². The first-order valence-corrected chi connectivity index (χ1v) is 12.3. The van der Waals surface area contributed by atoms with Gasteiger partial charge in [0.05, 0.1) is 11.7 Å². The molecular formula is C18H29BrN2O3S. The zero-order chi connectivity index (χ0) is 17.9. The van der Waals surface area contributed by atoms with Crippen LogP contribution in [0.3, 0.4) is 0 Å². The topological polar surface area (TPSA) is 66.5 Å². The third-order valence-electron chi connectivity index (χ3n) is 6.88. The first-order chi connectivity index (χ1) is 11.7. The molecule has 1 heterocycles. The van der Waals surface area contributed by atoms with Crippen LogP contribution in [-0.2, 0) is 14.8 Å². The molecule has 0 unspecified atom stereocenters. The Morgan fingerprint density at radius 1 is 1.24 bits per heavy atom. The van der Waals surface area contributed by atoms with Crippen LogP contribution in [0.2, 0.25) is 0 Å². The molecule has 4 aliphatic carbocycles. The molecule has 5 nitrogen and oxygen atoms in total. The van der Waals surface area contributed by atoms with Crippen LogP contribution >= 0.6 is 15.9 Å². The monoisotopic (exact) mass is 432 g/mol. The second-order valence-electron chi connectivity index (χ2n) is 9.27. The van der Waals surface area contributed by atoms with Gasteiger partial charge in [-0.2, -0.15) is 0 Å². The van der Waals surface area contributed by atoms with E-state index in [2.05, 4.69) is 25.6 Å². The Morgan fingerprint density at radius 3 is 2.52 bits per heavy atom. The molecule has 25 heavy (non-hydrogen) atoms. The number of halogens is 1. The quantitative estimate of drug-likeness (QED) is 0.693. The molecule has 5 aliphatic rings.